The number of carbonyl (C=O) groups is 3. The Morgan fingerprint density at radius 1 is 0.947 bits per heavy atom. The molecule has 5 rings (SSSR count). The first kappa shape index (κ1) is 26.4. The molecule has 2 aromatic rings. The summed E-state index contributed by atoms with van der Waals surface area (Å²) in [6.45, 7) is 6.74. The first-order valence-corrected chi connectivity index (χ1v) is 14.2. The van der Waals surface area contributed by atoms with Crippen molar-refractivity contribution in [1.29, 1.82) is 0 Å². The Morgan fingerprint density at radius 3 is 2.18 bits per heavy atom. The van der Waals surface area contributed by atoms with E-state index in [1.54, 1.807) is 0 Å². The summed E-state index contributed by atoms with van der Waals surface area (Å²) in [5.41, 5.74) is 7.63. The quantitative estimate of drug-likeness (QED) is 0.424. The first-order valence-electron chi connectivity index (χ1n) is 13.4. The maximum atomic E-state index is 13.3. The van der Waals surface area contributed by atoms with Gasteiger partial charge in [0.1, 0.15) is 5.75 Å². The zero-order chi connectivity index (χ0) is 27.0. The summed E-state index contributed by atoms with van der Waals surface area (Å²) in [5, 5.41) is 2.87. The summed E-state index contributed by atoms with van der Waals surface area (Å²) in [5.74, 6) is 0.199. The van der Waals surface area contributed by atoms with Crippen LogP contribution in [0.15, 0.2) is 63.4 Å². The molecule has 1 amide bonds. The highest BCUT2D eigenvalue weighted by molar-refractivity contribution is 9.10. The molecule has 2 aromatic carbocycles. The largest absolute Gasteiger partial charge is 0.483 e. The van der Waals surface area contributed by atoms with Gasteiger partial charge < -0.3 is 15.0 Å². The van der Waals surface area contributed by atoms with E-state index in [2.05, 4.69) is 33.1 Å². The van der Waals surface area contributed by atoms with Crippen LogP contribution >= 0.6 is 15.9 Å². The van der Waals surface area contributed by atoms with E-state index in [1.165, 1.54) is 5.56 Å². The fourth-order valence-electron chi connectivity index (χ4n) is 5.90. The molecule has 0 aromatic heterocycles. The minimum absolute atomic E-state index is 0.138. The van der Waals surface area contributed by atoms with Crippen molar-refractivity contribution in [3.05, 3.63) is 80.1 Å². The maximum absolute atomic E-state index is 13.3. The van der Waals surface area contributed by atoms with E-state index in [9.17, 15) is 14.4 Å². The molecule has 3 aliphatic rings. The molecule has 0 radical (unpaired) electrons. The lowest BCUT2D eigenvalue weighted by molar-refractivity contribution is -0.118. The average molecular weight is 578 g/mol. The zero-order valence-corrected chi connectivity index (χ0v) is 23.7. The number of halogens is 1. The Labute approximate surface area is 232 Å². The number of allylic oxidation sites excluding steroid dienone is 4. The third-order valence-electron chi connectivity index (χ3n) is 7.84. The van der Waals surface area contributed by atoms with E-state index in [0.29, 0.717) is 23.1 Å². The average Bonchev–Trinajstić information content (AvgIpc) is 2.89. The topological polar surface area (TPSA) is 75.7 Å². The van der Waals surface area contributed by atoms with Crippen LogP contribution in [0.25, 0.3) is 0 Å². The Kier molecular flexibility index (Phi) is 7.57. The fraction of sp³-hybridized carbons (Fsp3) is 0.387. The van der Waals surface area contributed by atoms with Crippen LogP contribution in [-0.4, -0.2) is 35.5 Å². The normalized spacial score (nSPS) is 17.9. The summed E-state index contributed by atoms with van der Waals surface area (Å²) in [6, 6.07) is 11.5. The lowest BCUT2D eigenvalue weighted by atomic mass is 9.71. The molecule has 0 atom stereocenters. The van der Waals surface area contributed by atoms with Crippen LogP contribution < -0.4 is 10.1 Å². The summed E-state index contributed by atoms with van der Waals surface area (Å²) in [6.07, 6.45) is 4.43. The van der Waals surface area contributed by atoms with E-state index in [1.807, 2.05) is 50.2 Å². The van der Waals surface area contributed by atoms with Crippen LogP contribution in [0.4, 0.5) is 5.69 Å². The highest BCUT2D eigenvalue weighted by Crippen LogP contribution is 2.49. The minimum Gasteiger partial charge on any atom is -0.483 e. The van der Waals surface area contributed by atoms with Crippen LogP contribution in [0, 0.1) is 13.8 Å². The SMILES string of the molecule is CCN1C2=C(C(=O)CCC2)C(c2ccc(OCC(=O)Nc3ccc(C)c(C)c3)c(Br)c2)C2=C1CCCC2=O. The fourth-order valence-corrected chi connectivity index (χ4v) is 6.42. The van der Waals surface area contributed by atoms with Gasteiger partial charge in [0.05, 0.1) is 4.47 Å². The van der Waals surface area contributed by atoms with E-state index < -0.39 is 0 Å². The van der Waals surface area contributed by atoms with Gasteiger partial charge in [-0.05, 0) is 103 Å². The Hall–Kier alpha value is -3.19. The number of amides is 1. The number of hydrogen-bond acceptors (Lipinski definition) is 5. The van der Waals surface area contributed by atoms with E-state index in [-0.39, 0.29) is 30.0 Å². The van der Waals surface area contributed by atoms with E-state index in [4.69, 9.17) is 4.74 Å². The van der Waals surface area contributed by atoms with Crippen molar-refractivity contribution in [2.75, 3.05) is 18.5 Å². The van der Waals surface area contributed by atoms with Crippen molar-refractivity contribution >= 4 is 39.1 Å². The molecule has 38 heavy (non-hydrogen) atoms. The molecule has 1 N–H and O–H groups in total. The van der Waals surface area contributed by atoms with Gasteiger partial charge >= 0.3 is 0 Å². The van der Waals surface area contributed by atoms with Gasteiger partial charge in [-0.15, -0.1) is 0 Å². The van der Waals surface area contributed by atoms with Gasteiger partial charge in [-0.2, -0.15) is 0 Å². The Bertz CT molecular complexity index is 1350. The molecule has 7 heteroatoms. The van der Waals surface area contributed by atoms with Gasteiger partial charge in [-0.1, -0.05) is 12.1 Å². The van der Waals surface area contributed by atoms with Gasteiger partial charge in [0, 0.05) is 53.5 Å². The van der Waals surface area contributed by atoms with Gasteiger partial charge in [0.25, 0.3) is 5.91 Å². The number of aryl methyl sites for hydroxylation is 2. The highest BCUT2D eigenvalue weighted by Gasteiger charge is 2.42. The molecular formula is C31H33BrN2O4. The van der Waals surface area contributed by atoms with Crippen LogP contribution in [0.2, 0.25) is 0 Å². The van der Waals surface area contributed by atoms with Crippen LogP contribution in [-0.2, 0) is 14.4 Å². The number of Topliss-reactive ketones (excluding diaryl/α,β-unsaturated/α-hetero) is 2. The molecule has 0 fully saturated rings. The molecule has 6 nitrogen and oxygen atoms in total. The summed E-state index contributed by atoms with van der Waals surface area (Å²) in [4.78, 5) is 41.3. The number of carbonyl (C=O) groups excluding carboxylic acids is 3. The smallest absolute Gasteiger partial charge is 0.262 e. The molecule has 1 heterocycles. The second-order valence-electron chi connectivity index (χ2n) is 10.3. The molecule has 1 aliphatic heterocycles. The standard InChI is InChI=1S/C31H33BrN2O4/c1-4-34-23-7-5-9-25(35)30(23)29(31-24(34)8-6-10-26(31)36)20-12-14-27(22(32)16-20)38-17-28(37)33-21-13-11-18(2)19(3)15-21/h11-16,29H,4-10,17H2,1-3H3,(H,33,37). The lowest BCUT2D eigenvalue weighted by Gasteiger charge is -2.43. The monoisotopic (exact) mass is 576 g/mol. The minimum atomic E-state index is -0.359. The number of anilines is 1. The van der Waals surface area contributed by atoms with Crippen LogP contribution in [0.1, 0.15) is 68.1 Å². The van der Waals surface area contributed by atoms with E-state index in [0.717, 1.165) is 71.6 Å². The summed E-state index contributed by atoms with van der Waals surface area (Å²) < 4.78 is 6.52. The zero-order valence-electron chi connectivity index (χ0n) is 22.2. The Balaban J connectivity index is 1.40. The van der Waals surface area contributed by atoms with Gasteiger partial charge in [0.2, 0.25) is 0 Å². The molecule has 2 aliphatic carbocycles. The number of rotatable bonds is 6. The summed E-state index contributed by atoms with van der Waals surface area (Å²) in [7, 11) is 0. The maximum Gasteiger partial charge on any atom is 0.262 e. The number of nitrogens with one attached hydrogen (secondary N) is 1. The molecular weight excluding hydrogens is 544 g/mol. The number of hydrogen-bond donors (Lipinski definition) is 1. The number of ether oxygens (including phenoxy) is 1. The second kappa shape index (κ2) is 10.9. The van der Waals surface area contributed by atoms with Crippen molar-refractivity contribution < 1.29 is 19.1 Å². The van der Waals surface area contributed by atoms with Crippen LogP contribution in [0.5, 0.6) is 5.75 Å². The first-order chi connectivity index (χ1) is 18.3. The molecule has 0 saturated carbocycles. The van der Waals surface area contributed by atoms with Crippen molar-refractivity contribution in [3.8, 4) is 5.75 Å². The van der Waals surface area contributed by atoms with E-state index >= 15 is 0 Å². The molecule has 0 unspecified atom stereocenters. The summed E-state index contributed by atoms with van der Waals surface area (Å²) >= 11 is 3.61. The lowest BCUT2D eigenvalue weighted by Crippen LogP contribution is -2.39. The van der Waals surface area contributed by atoms with Gasteiger partial charge in [-0.3, -0.25) is 14.4 Å². The van der Waals surface area contributed by atoms with Crippen molar-refractivity contribution in [2.45, 2.75) is 65.2 Å². The molecule has 0 bridgehead atoms. The second-order valence-corrected chi connectivity index (χ2v) is 11.1. The molecule has 0 saturated heterocycles. The van der Waals surface area contributed by atoms with Crippen molar-refractivity contribution in [2.24, 2.45) is 0 Å². The van der Waals surface area contributed by atoms with Gasteiger partial charge in [0.15, 0.2) is 18.2 Å². The predicted molar refractivity (Wildman–Crippen MR) is 151 cm³/mol. The van der Waals surface area contributed by atoms with Crippen LogP contribution in [0.3, 0.4) is 0 Å². The third kappa shape index (κ3) is 4.96. The van der Waals surface area contributed by atoms with Gasteiger partial charge in [-0.25, -0.2) is 0 Å². The van der Waals surface area contributed by atoms with Crippen molar-refractivity contribution in [1.82, 2.24) is 4.90 Å². The number of ketones is 2. The number of benzene rings is 2. The Morgan fingerprint density at radius 2 is 1.61 bits per heavy atom. The van der Waals surface area contributed by atoms with Crippen molar-refractivity contribution in [3.63, 3.8) is 0 Å². The highest BCUT2D eigenvalue weighted by atomic mass is 79.9. The third-order valence-corrected chi connectivity index (χ3v) is 8.46. The molecule has 198 valence electrons. The predicted octanol–water partition coefficient (Wildman–Crippen LogP) is 6.52. The molecule has 0 spiro atoms. The number of nitrogens with zero attached hydrogens (tertiary/aromatic N) is 1.